The van der Waals surface area contributed by atoms with Crippen LogP contribution in [0.2, 0.25) is 0 Å². The normalized spacial score (nSPS) is 31.9. The number of hydrogen-bond acceptors (Lipinski definition) is 3. The van der Waals surface area contributed by atoms with Crippen molar-refractivity contribution in [3.8, 4) is 0 Å². The minimum atomic E-state index is -2.82. The van der Waals surface area contributed by atoms with Crippen molar-refractivity contribution in [2.45, 2.75) is 37.6 Å². The molecule has 4 nitrogen and oxygen atoms in total. The van der Waals surface area contributed by atoms with Gasteiger partial charge < -0.3 is 9.64 Å². The molecule has 0 aliphatic carbocycles. The molecule has 0 N–H and O–H groups in total. The van der Waals surface area contributed by atoms with Gasteiger partial charge >= 0.3 is 5.97 Å². The Labute approximate surface area is 97.9 Å². The highest BCUT2D eigenvalue weighted by molar-refractivity contribution is 5.80. The lowest BCUT2D eigenvalue weighted by Gasteiger charge is -2.45. The number of amides is 1. The maximum Gasteiger partial charge on any atom is 0.310 e. The summed E-state index contributed by atoms with van der Waals surface area (Å²) in [6.45, 7) is 0.0613. The Morgan fingerprint density at radius 2 is 2.18 bits per heavy atom. The molecule has 0 aromatic carbocycles. The minimum absolute atomic E-state index is 0.0613. The number of alkyl halides is 2. The summed E-state index contributed by atoms with van der Waals surface area (Å²) in [5.41, 5.74) is 0. The van der Waals surface area contributed by atoms with Gasteiger partial charge in [-0.05, 0) is 12.8 Å². The van der Waals surface area contributed by atoms with E-state index in [2.05, 4.69) is 4.74 Å². The molecule has 0 bridgehead atoms. The van der Waals surface area contributed by atoms with Crippen LogP contribution < -0.4 is 0 Å². The molecule has 96 valence electrons. The fourth-order valence-electron chi connectivity index (χ4n) is 2.63. The van der Waals surface area contributed by atoms with Crippen molar-refractivity contribution in [3.05, 3.63) is 0 Å². The Balaban J connectivity index is 2.13. The standard InChI is InChI=1S/C11H15F2NO3/c1-17-10(16)7-2-3-8-11(12,13)5-4-9(15)14(8)6-7/h7-8H,2-6H2,1H3. The highest BCUT2D eigenvalue weighted by Gasteiger charge is 2.51. The Hall–Kier alpha value is -1.20. The summed E-state index contributed by atoms with van der Waals surface area (Å²) >= 11 is 0. The molecular formula is C11H15F2NO3. The zero-order valence-corrected chi connectivity index (χ0v) is 9.62. The first kappa shape index (κ1) is 12.3. The Bertz CT molecular complexity index is 346. The number of methoxy groups -OCH3 is 1. The van der Waals surface area contributed by atoms with Crippen molar-refractivity contribution in [3.63, 3.8) is 0 Å². The van der Waals surface area contributed by atoms with E-state index < -0.39 is 23.9 Å². The van der Waals surface area contributed by atoms with Gasteiger partial charge in [-0.25, -0.2) is 8.78 Å². The summed E-state index contributed by atoms with van der Waals surface area (Å²) in [5, 5.41) is 0. The van der Waals surface area contributed by atoms with E-state index in [1.54, 1.807) is 0 Å². The van der Waals surface area contributed by atoms with Crippen molar-refractivity contribution >= 4 is 11.9 Å². The van der Waals surface area contributed by atoms with E-state index in [9.17, 15) is 18.4 Å². The minimum Gasteiger partial charge on any atom is -0.469 e. The molecule has 1 amide bonds. The fourth-order valence-corrected chi connectivity index (χ4v) is 2.63. The predicted molar refractivity (Wildman–Crippen MR) is 54.4 cm³/mol. The van der Waals surface area contributed by atoms with Crippen molar-refractivity contribution in [2.24, 2.45) is 5.92 Å². The molecule has 2 unspecified atom stereocenters. The van der Waals surface area contributed by atoms with Gasteiger partial charge in [-0.2, -0.15) is 0 Å². The van der Waals surface area contributed by atoms with Gasteiger partial charge in [0.05, 0.1) is 19.1 Å². The number of esters is 1. The van der Waals surface area contributed by atoms with Gasteiger partial charge in [0.25, 0.3) is 5.92 Å². The van der Waals surface area contributed by atoms with Crippen LogP contribution in [0.3, 0.4) is 0 Å². The SMILES string of the molecule is COC(=O)C1CCC2N(C1)C(=O)CCC2(F)F. The number of carbonyl (C=O) groups excluding carboxylic acids is 2. The number of rotatable bonds is 1. The molecular weight excluding hydrogens is 232 g/mol. The van der Waals surface area contributed by atoms with E-state index in [1.165, 1.54) is 7.11 Å². The molecule has 0 radical (unpaired) electrons. The molecule has 2 aliphatic heterocycles. The van der Waals surface area contributed by atoms with Crippen LogP contribution in [0.25, 0.3) is 0 Å². The third kappa shape index (κ3) is 2.12. The zero-order chi connectivity index (χ0) is 12.6. The first-order valence-corrected chi connectivity index (χ1v) is 5.71. The first-order valence-electron chi connectivity index (χ1n) is 5.71. The summed E-state index contributed by atoms with van der Waals surface area (Å²) in [6.07, 6.45) is 0.00248. The number of hydrogen-bond donors (Lipinski definition) is 0. The lowest BCUT2D eigenvalue weighted by atomic mass is 9.85. The van der Waals surface area contributed by atoms with E-state index in [0.717, 1.165) is 4.90 Å². The largest absolute Gasteiger partial charge is 0.469 e. The van der Waals surface area contributed by atoms with Crippen LogP contribution in [0.15, 0.2) is 0 Å². The average Bonchev–Trinajstić information content (AvgIpc) is 2.33. The molecule has 2 saturated heterocycles. The van der Waals surface area contributed by atoms with Crippen LogP contribution in [-0.4, -0.2) is 42.4 Å². The van der Waals surface area contributed by atoms with Gasteiger partial charge in [-0.3, -0.25) is 9.59 Å². The highest BCUT2D eigenvalue weighted by atomic mass is 19.3. The predicted octanol–water partition coefficient (Wildman–Crippen LogP) is 1.20. The number of fused-ring (bicyclic) bond motifs is 1. The van der Waals surface area contributed by atoms with E-state index in [0.29, 0.717) is 6.42 Å². The summed E-state index contributed by atoms with van der Waals surface area (Å²) in [5.74, 6) is -4.00. The molecule has 2 aliphatic rings. The summed E-state index contributed by atoms with van der Waals surface area (Å²) in [4.78, 5) is 24.1. The topological polar surface area (TPSA) is 46.6 Å². The zero-order valence-electron chi connectivity index (χ0n) is 9.62. The first-order chi connectivity index (χ1) is 7.95. The van der Waals surface area contributed by atoms with Crippen LogP contribution in [-0.2, 0) is 14.3 Å². The van der Waals surface area contributed by atoms with Crippen LogP contribution in [0.1, 0.15) is 25.7 Å². The Morgan fingerprint density at radius 3 is 2.82 bits per heavy atom. The van der Waals surface area contributed by atoms with Gasteiger partial charge in [0.1, 0.15) is 0 Å². The second-order valence-electron chi connectivity index (χ2n) is 4.62. The van der Waals surface area contributed by atoms with E-state index in [1.807, 2.05) is 0 Å². The molecule has 2 rings (SSSR count). The Kier molecular flexibility index (Phi) is 3.05. The number of piperidine rings is 2. The Morgan fingerprint density at radius 1 is 1.47 bits per heavy atom. The highest BCUT2D eigenvalue weighted by Crippen LogP contribution is 2.39. The summed E-state index contributed by atoms with van der Waals surface area (Å²) in [6, 6.07) is -1.04. The second kappa shape index (κ2) is 4.23. The molecule has 2 heterocycles. The lowest BCUT2D eigenvalue weighted by molar-refractivity contribution is -0.172. The second-order valence-corrected chi connectivity index (χ2v) is 4.62. The fraction of sp³-hybridized carbons (Fsp3) is 0.818. The monoisotopic (exact) mass is 247 g/mol. The quantitative estimate of drug-likeness (QED) is 0.654. The number of nitrogens with zero attached hydrogens (tertiary/aromatic N) is 1. The van der Waals surface area contributed by atoms with Gasteiger partial charge in [-0.1, -0.05) is 0 Å². The van der Waals surface area contributed by atoms with Gasteiger partial charge in [0.15, 0.2) is 0 Å². The third-order valence-electron chi connectivity index (χ3n) is 3.60. The average molecular weight is 247 g/mol. The smallest absolute Gasteiger partial charge is 0.310 e. The van der Waals surface area contributed by atoms with Crippen LogP contribution in [0, 0.1) is 5.92 Å². The van der Waals surface area contributed by atoms with Crippen LogP contribution >= 0.6 is 0 Å². The molecule has 0 aromatic rings. The van der Waals surface area contributed by atoms with Crippen molar-refractivity contribution in [2.75, 3.05) is 13.7 Å². The van der Waals surface area contributed by atoms with Crippen molar-refractivity contribution < 1.29 is 23.1 Å². The van der Waals surface area contributed by atoms with E-state index >= 15 is 0 Å². The number of ether oxygens (including phenoxy) is 1. The van der Waals surface area contributed by atoms with Crippen LogP contribution in [0.4, 0.5) is 8.78 Å². The molecule has 2 fully saturated rings. The summed E-state index contributed by atoms with van der Waals surface area (Å²) < 4.78 is 31.8. The molecule has 0 spiro atoms. The van der Waals surface area contributed by atoms with Crippen molar-refractivity contribution in [1.82, 2.24) is 4.90 Å². The molecule has 0 aromatic heterocycles. The van der Waals surface area contributed by atoms with E-state index in [-0.39, 0.29) is 31.7 Å². The maximum absolute atomic E-state index is 13.6. The molecule has 17 heavy (non-hydrogen) atoms. The molecule has 6 heteroatoms. The van der Waals surface area contributed by atoms with Gasteiger partial charge in [-0.15, -0.1) is 0 Å². The molecule has 2 atom stereocenters. The number of carbonyl (C=O) groups is 2. The maximum atomic E-state index is 13.6. The third-order valence-corrected chi connectivity index (χ3v) is 3.60. The van der Waals surface area contributed by atoms with Gasteiger partial charge in [0, 0.05) is 19.4 Å². The lowest BCUT2D eigenvalue weighted by Crippen LogP contribution is -2.59. The summed E-state index contributed by atoms with van der Waals surface area (Å²) in [7, 11) is 1.26. The van der Waals surface area contributed by atoms with Gasteiger partial charge in [0.2, 0.25) is 5.91 Å². The van der Waals surface area contributed by atoms with E-state index in [4.69, 9.17) is 0 Å². The van der Waals surface area contributed by atoms with Crippen LogP contribution in [0.5, 0.6) is 0 Å². The number of halogens is 2. The molecule has 0 saturated carbocycles. The van der Waals surface area contributed by atoms with Crippen molar-refractivity contribution in [1.29, 1.82) is 0 Å².